The molecule has 0 aromatic heterocycles. The molecule has 4 heteroatoms. The molecule has 0 aliphatic carbocycles. The lowest BCUT2D eigenvalue weighted by molar-refractivity contribution is 0.414. The Hall–Kier alpha value is -2.07. The van der Waals surface area contributed by atoms with Crippen molar-refractivity contribution in [1.29, 1.82) is 0 Å². The number of hydrogen-bond donors (Lipinski definition) is 0. The third-order valence-electron chi connectivity index (χ3n) is 3.63. The van der Waals surface area contributed by atoms with Crippen LogP contribution in [0.1, 0.15) is 22.3 Å². The summed E-state index contributed by atoms with van der Waals surface area (Å²) in [6.45, 7) is 4.00. The van der Waals surface area contributed by atoms with Gasteiger partial charge in [0.1, 0.15) is 5.75 Å². The Kier molecular flexibility index (Phi) is 5.03. The summed E-state index contributed by atoms with van der Waals surface area (Å²) in [7, 11) is -1.72. The lowest BCUT2D eigenvalue weighted by Gasteiger charge is -2.05. The number of methoxy groups -OCH3 is 1. The first kappa shape index (κ1) is 16.3. The fourth-order valence-electron chi connectivity index (χ4n) is 2.13. The zero-order valence-corrected chi connectivity index (χ0v) is 13.9. The van der Waals surface area contributed by atoms with Crippen LogP contribution in [0, 0.1) is 13.8 Å². The van der Waals surface area contributed by atoms with Crippen LogP contribution in [0.4, 0.5) is 0 Å². The van der Waals surface area contributed by atoms with Gasteiger partial charge in [-0.2, -0.15) is 0 Å². The summed E-state index contributed by atoms with van der Waals surface area (Å²) in [4.78, 5) is 0. The van der Waals surface area contributed by atoms with Crippen LogP contribution >= 0.6 is 0 Å². The van der Waals surface area contributed by atoms with Gasteiger partial charge >= 0.3 is 0 Å². The average molecular weight is 316 g/mol. The molecule has 2 aromatic carbocycles. The molecule has 0 saturated heterocycles. The quantitative estimate of drug-likeness (QED) is 0.840. The van der Waals surface area contributed by atoms with Gasteiger partial charge in [-0.05, 0) is 54.3 Å². The second kappa shape index (κ2) is 6.79. The lowest BCUT2D eigenvalue weighted by atomic mass is 10.0. The highest BCUT2D eigenvalue weighted by molar-refractivity contribution is 7.93. The first-order valence-electron chi connectivity index (χ1n) is 7.01. The van der Waals surface area contributed by atoms with E-state index in [1.165, 1.54) is 5.41 Å². The summed E-state index contributed by atoms with van der Waals surface area (Å²) in [6.07, 6.45) is 1.67. The second-order valence-corrected chi connectivity index (χ2v) is 7.13. The summed E-state index contributed by atoms with van der Waals surface area (Å²) < 4.78 is 29.5. The van der Waals surface area contributed by atoms with Crippen LogP contribution in [0.15, 0.2) is 47.9 Å². The smallest absolute Gasteiger partial charge is 0.175 e. The maximum absolute atomic E-state index is 12.2. The summed E-state index contributed by atoms with van der Waals surface area (Å²) in [5.41, 5.74) is 3.91. The number of rotatable bonds is 5. The van der Waals surface area contributed by atoms with Crippen molar-refractivity contribution < 1.29 is 13.2 Å². The fraction of sp³-hybridized carbons (Fsp3) is 0.222. The molecule has 0 N–H and O–H groups in total. The molecule has 3 nitrogen and oxygen atoms in total. The van der Waals surface area contributed by atoms with Gasteiger partial charge in [-0.25, -0.2) is 8.42 Å². The van der Waals surface area contributed by atoms with E-state index in [4.69, 9.17) is 4.74 Å². The highest BCUT2D eigenvalue weighted by atomic mass is 32.2. The number of aryl methyl sites for hydroxylation is 1. The largest absolute Gasteiger partial charge is 0.497 e. The summed E-state index contributed by atoms with van der Waals surface area (Å²) in [5, 5.41) is 1.29. The maximum Gasteiger partial charge on any atom is 0.175 e. The molecular formula is C18H20O3S. The number of benzene rings is 2. The first-order chi connectivity index (χ1) is 10.4. The van der Waals surface area contributed by atoms with Gasteiger partial charge in [-0.3, -0.25) is 0 Å². The van der Waals surface area contributed by atoms with E-state index in [-0.39, 0.29) is 5.75 Å². The van der Waals surface area contributed by atoms with Crippen LogP contribution in [0.3, 0.4) is 0 Å². The molecule has 22 heavy (non-hydrogen) atoms. The zero-order chi connectivity index (χ0) is 16.2. The molecule has 2 rings (SSSR count). The number of ether oxygens (including phenoxy) is 1. The van der Waals surface area contributed by atoms with Gasteiger partial charge in [0, 0.05) is 5.41 Å². The topological polar surface area (TPSA) is 43.4 Å². The summed E-state index contributed by atoms with van der Waals surface area (Å²) in [5.74, 6) is 0.699. The van der Waals surface area contributed by atoms with Crippen LogP contribution in [0.5, 0.6) is 5.75 Å². The zero-order valence-electron chi connectivity index (χ0n) is 13.0. The van der Waals surface area contributed by atoms with Gasteiger partial charge in [0.25, 0.3) is 0 Å². The Labute approximate surface area is 132 Å². The average Bonchev–Trinajstić information content (AvgIpc) is 2.49. The van der Waals surface area contributed by atoms with Crippen LogP contribution in [-0.4, -0.2) is 15.5 Å². The third-order valence-corrected chi connectivity index (χ3v) is 4.91. The van der Waals surface area contributed by atoms with Crippen molar-refractivity contribution in [3.63, 3.8) is 0 Å². The first-order valence-corrected chi connectivity index (χ1v) is 8.73. The van der Waals surface area contributed by atoms with Crippen LogP contribution in [-0.2, 0) is 15.6 Å². The van der Waals surface area contributed by atoms with Crippen molar-refractivity contribution in [2.24, 2.45) is 0 Å². The van der Waals surface area contributed by atoms with Gasteiger partial charge in [-0.1, -0.05) is 30.3 Å². The van der Waals surface area contributed by atoms with E-state index >= 15 is 0 Å². The molecule has 116 valence electrons. The molecule has 0 atom stereocenters. The van der Waals surface area contributed by atoms with Crippen molar-refractivity contribution in [3.05, 3.63) is 70.1 Å². The third kappa shape index (κ3) is 4.21. The maximum atomic E-state index is 12.2. The highest BCUT2D eigenvalue weighted by Gasteiger charge is 2.08. The van der Waals surface area contributed by atoms with E-state index in [1.807, 2.05) is 32.0 Å². The molecule has 0 amide bonds. The minimum Gasteiger partial charge on any atom is -0.497 e. The fourth-order valence-corrected chi connectivity index (χ4v) is 3.24. The Morgan fingerprint density at radius 3 is 2.36 bits per heavy atom. The molecular weight excluding hydrogens is 296 g/mol. The van der Waals surface area contributed by atoms with E-state index < -0.39 is 9.84 Å². The summed E-state index contributed by atoms with van der Waals surface area (Å²) in [6, 6.07) is 12.9. The van der Waals surface area contributed by atoms with Crippen molar-refractivity contribution in [1.82, 2.24) is 0 Å². The predicted octanol–water partition coefficient (Wildman–Crippen LogP) is 3.90. The van der Waals surface area contributed by atoms with Crippen molar-refractivity contribution in [2.45, 2.75) is 19.6 Å². The molecule has 2 aromatic rings. The van der Waals surface area contributed by atoms with E-state index in [9.17, 15) is 8.42 Å². The standard InChI is InChI=1S/C18H20O3S/c1-14-5-4-6-17(15(14)2)11-12-22(19,20)13-16-7-9-18(21-3)10-8-16/h4-12H,13H2,1-3H3/b12-11+. The van der Waals surface area contributed by atoms with E-state index in [0.717, 1.165) is 22.3 Å². The Morgan fingerprint density at radius 2 is 1.73 bits per heavy atom. The van der Waals surface area contributed by atoms with Gasteiger partial charge in [0.05, 0.1) is 12.9 Å². The van der Waals surface area contributed by atoms with Gasteiger partial charge in [-0.15, -0.1) is 0 Å². The second-order valence-electron chi connectivity index (χ2n) is 5.25. The Balaban J connectivity index is 2.16. The molecule has 0 saturated carbocycles. The minimum absolute atomic E-state index is 0.0155. The summed E-state index contributed by atoms with van der Waals surface area (Å²) >= 11 is 0. The van der Waals surface area contributed by atoms with Crippen molar-refractivity contribution in [3.8, 4) is 5.75 Å². The van der Waals surface area contributed by atoms with Gasteiger partial charge in [0.15, 0.2) is 9.84 Å². The monoisotopic (exact) mass is 316 g/mol. The van der Waals surface area contributed by atoms with E-state index in [1.54, 1.807) is 37.5 Å². The number of sulfone groups is 1. The Morgan fingerprint density at radius 1 is 1.05 bits per heavy atom. The predicted molar refractivity (Wildman–Crippen MR) is 90.6 cm³/mol. The van der Waals surface area contributed by atoms with Crippen LogP contribution in [0.25, 0.3) is 6.08 Å². The molecule has 0 unspecified atom stereocenters. The highest BCUT2D eigenvalue weighted by Crippen LogP contribution is 2.17. The van der Waals surface area contributed by atoms with E-state index in [0.29, 0.717) is 5.75 Å². The van der Waals surface area contributed by atoms with Crippen LogP contribution < -0.4 is 4.74 Å². The molecule has 0 radical (unpaired) electrons. The minimum atomic E-state index is -3.30. The molecule has 0 aliphatic heterocycles. The molecule has 0 aliphatic rings. The lowest BCUT2D eigenvalue weighted by Crippen LogP contribution is -2.00. The van der Waals surface area contributed by atoms with E-state index in [2.05, 4.69) is 0 Å². The van der Waals surface area contributed by atoms with Gasteiger partial charge < -0.3 is 4.74 Å². The molecule has 0 heterocycles. The molecule has 0 fully saturated rings. The SMILES string of the molecule is COc1ccc(CS(=O)(=O)/C=C/c2cccc(C)c2C)cc1. The normalized spacial score (nSPS) is 11.8. The Bertz CT molecular complexity index is 772. The van der Waals surface area contributed by atoms with Gasteiger partial charge in [0.2, 0.25) is 0 Å². The van der Waals surface area contributed by atoms with Crippen molar-refractivity contribution in [2.75, 3.05) is 7.11 Å². The molecule has 0 bridgehead atoms. The number of hydrogen-bond acceptors (Lipinski definition) is 3. The van der Waals surface area contributed by atoms with Crippen LogP contribution in [0.2, 0.25) is 0 Å². The molecule has 0 spiro atoms. The van der Waals surface area contributed by atoms with Crippen molar-refractivity contribution >= 4 is 15.9 Å².